The zero-order valence-corrected chi connectivity index (χ0v) is 14.3. The number of ether oxygens (including phenoxy) is 2. The molecule has 2 heterocycles. The Labute approximate surface area is 142 Å². The van der Waals surface area contributed by atoms with Crippen molar-refractivity contribution < 1.29 is 19.4 Å². The lowest BCUT2D eigenvalue weighted by molar-refractivity contribution is 0.0658. The van der Waals surface area contributed by atoms with Crippen molar-refractivity contribution >= 4 is 6.09 Å². The summed E-state index contributed by atoms with van der Waals surface area (Å²) in [5.74, 6) is 0.854. The first kappa shape index (κ1) is 17.0. The van der Waals surface area contributed by atoms with Gasteiger partial charge in [-0.3, -0.25) is 0 Å². The average molecular weight is 334 g/mol. The Morgan fingerprint density at radius 3 is 2.62 bits per heavy atom. The van der Waals surface area contributed by atoms with Gasteiger partial charge in [0.25, 0.3) is 0 Å². The first-order valence-corrected chi connectivity index (χ1v) is 8.50. The molecule has 6 heteroatoms. The number of amides is 1. The van der Waals surface area contributed by atoms with Gasteiger partial charge in [0, 0.05) is 30.6 Å². The zero-order valence-electron chi connectivity index (χ0n) is 14.3. The molecule has 2 atom stereocenters. The van der Waals surface area contributed by atoms with Gasteiger partial charge in [0.1, 0.15) is 5.75 Å². The lowest BCUT2D eigenvalue weighted by Gasteiger charge is -2.42. The van der Waals surface area contributed by atoms with E-state index in [1.165, 1.54) is 10.5 Å². The third-order valence-corrected chi connectivity index (χ3v) is 5.51. The lowest BCUT2D eigenvalue weighted by atomic mass is 9.74. The Morgan fingerprint density at radius 2 is 2.04 bits per heavy atom. The van der Waals surface area contributed by atoms with Crippen LogP contribution in [-0.4, -0.2) is 55.6 Å². The number of methoxy groups -OCH3 is 1. The first-order chi connectivity index (χ1) is 11.5. The summed E-state index contributed by atoms with van der Waals surface area (Å²) in [5, 5.41) is 12.8. The Balaban J connectivity index is 1.64. The molecule has 0 aromatic heterocycles. The minimum absolute atomic E-state index is 0.0483. The lowest BCUT2D eigenvalue weighted by Crippen LogP contribution is -2.52. The van der Waals surface area contributed by atoms with Crippen molar-refractivity contribution in [2.24, 2.45) is 5.41 Å². The summed E-state index contributed by atoms with van der Waals surface area (Å²) in [6.07, 6.45) is 0.887. The molecule has 0 aliphatic carbocycles. The topological polar surface area (TPSA) is 71.0 Å². The number of rotatable bonds is 4. The summed E-state index contributed by atoms with van der Waals surface area (Å²) >= 11 is 0. The van der Waals surface area contributed by atoms with Gasteiger partial charge in [0.15, 0.2) is 0 Å². The predicted octanol–water partition coefficient (Wildman–Crippen LogP) is 2.50. The van der Waals surface area contributed by atoms with Gasteiger partial charge < -0.3 is 24.8 Å². The van der Waals surface area contributed by atoms with Crippen LogP contribution in [0.5, 0.6) is 5.75 Å². The molecular weight excluding hydrogens is 308 g/mol. The van der Waals surface area contributed by atoms with E-state index in [9.17, 15) is 4.79 Å². The molecular formula is C18H26N2O4. The molecule has 0 radical (unpaired) electrons. The molecule has 0 saturated carbocycles. The number of nitrogens with zero attached hydrogens (tertiary/aromatic N) is 1. The number of hydrogen-bond acceptors (Lipinski definition) is 4. The molecule has 2 unspecified atom stereocenters. The molecule has 3 rings (SSSR count). The Hall–Kier alpha value is -1.79. The molecule has 6 nitrogen and oxygen atoms in total. The highest BCUT2D eigenvalue weighted by Crippen LogP contribution is 2.40. The second kappa shape index (κ2) is 6.99. The van der Waals surface area contributed by atoms with Crippen LogP contribution in [0.15, 0.2) is 24.3 Å². The molecule has 2 saturated heterocycles. The van der Waals surface area contributed by atoms with Crippen LogP contribution in [0.25, 0.3) is 0 Å². The normalized spacial score (nSPS) is 24.1. The van der Waals surface area contributed by atoms with E-state index in [1.54, 1.807) is 7.11 Å². The molecule has 2 fully saturated rings. The van der Waals surface area contributed by atoms with Crippen LogP contribution in [0.2, 0.25) is 0 Å². The molecule has 2 N–H and O–H groups in total. The number of carboxylic acid groups (broad SMARTS) is 1. The highest BCUT2D eigenvalue weighted by Gasteiger charge is 2.46. The quantitative estimate of drug-likeness (QED) is 0.885. The van der Waals surface area contributed by atoms with E-state index in [0.717, 1.165) is 18.6 Å². The number of hydrogen-bond donors (Lipinski definition) is 2. The van der Waals surface area contributed by atoms with Crippen molar-refractivity contribution in [1.29, 1.82) is 0 Å². The first-order valence-electron chi connectivity index (χ1n) is 8.50. The standard InChI is InChI=1S/C18H26N2O4/c1-13(14-3-5-15(23-2)6-4-14)19-16-11-24-12-18(16)7-9-20(10-8-18)17(21)22/h3-6,13,16,19H,7-12H2,1-2H3,(H,21,22). The van der Waals surface area contributed by atoms with Gasteiger partial charge in [-0.2, -0.15) is 0 Å². The molecule has 24 heavy (non-hydrogen) atoms. The summed E-state index contributed by atoms with van der Waals surface area (Å²) in [7, 11) is 1.67. The van der Waals surface area contributed by atoms with Gasteiger partial charge in [-0.15, -0.1) is 0 Å². The van der Waals surface area contributed by atoms with Gasteiger partial charge in [0.2, 0.25) is 0 Å². The van der Waals surface area contributed by atoms with E-state index in [4.69, 9.17) is 14.6 Å². The Morgan fingerprint density at radius 1 is 1.38 bits per heavy atom. The van der Waals surface area contributed by atoms with Gasteiger partial charge in [-0.05, 0) is 37.5 Å². The molecule has 1 spiro atoms. The molecule has 0 bridgehead atoms. The molecule has 1 amide bonds. The van der Waals surface area contributed by atoms with E-state index < -0.39 is 6.09 Å². The van der Waals surface area contributed by atoms with E-state index in [1.807, 2.05) is 12.1 Å². The highest BCUT2D eigenvalue weighted by atomic mass is 16.5. The molecule has 2 aliphatic rings. The number of likely N-dealkylation sites (tertiary alicyclic amines) is 1. The third-order valence-electron chi connectivity index (χ3n) is 5.51. The Bertz CT molecular complexity index is 567. The maximum Gasteiger partial charge on any atom is 0.407 e. The summed E-state index contributed by atoms with van der Waals surface area (Å²) < 4.78 is 11.0. The predicted molar refractivity (Wildman–Crippen MR) is 90.4 cm³/mol. The smallest absolute Gasteiger partial charge is 0.407 e. The van der Waals surface area contributed by atoms with E-state index in [0.29, 0.717) is 26.3 Å². The number of nitrogens with one attached hydrogen (secondary N) is 1. The fraction of sp³-hybridized carbons (Fsp3) is 0.611. The second-order valence-corrected chi connectivity index (χ2v) is 6.86. The summed E-state index contributed by atoms with van der Waals surface area (Å²) in [4.78, 5) is 12.6. The van der Waals surface area contributed by atoms with Crippen molar-refractivity contribution in [3.63, 3.8) is 0 Å². The molecule has 1 aromatic carbocycles. The van der Waals surface area contributed by atoms with Gasteiger partial charge >= 0.3 is 6.09 Å². The second-order valence-electron chi connectivity index (χ2n) is 6.86. The van der Waals surface area contributed by atoms with E-state index in [-0.39, 0.29) is 17.5 Å². The van der Waals surface area contributed by atoms with Crippen molar-refractivity contribution in [2.75, 3.05) is 33.4 Å². The SMILES string of the molecule is COc1ccc(C(C)NC2COCC23CCN(C(=O)O)CC3)cc1. The fourth-order valence-electron chi connectivity index (χ4n) is 3.81. The highest BCUT2D eigenvalue weighted by molar-refractivity contribution is 5.65. The fourth-order valence-corrected chi connectivity index (χ4v) is 3.81. The van der Waals surface area contributed by atoms with Crippen LogP contribution in [0.1, 0.15) is 31.4 Å². The van der Waals surface area contributed by atoms with E-state index >= 15 is 0 Å². The minimum Gasteiger partial charge on any atom is -0.497 e. The Kier molecular flexibility index (Phi) is 4.96. The largest absolute Gasteiger partial charge is 0.497 e. The van der Waals surface area contributed by atoms with Crippen molar-refractivity contribution in [3.8, 4) is 5.75 Å². The van der Waals surface area contributed by atoms with Crippen LogP contribution in [0.4, 0.5) is 4.79 Å². The number of benzene rings is 1. The third kappa shape index (κ3) is 3.35. The molecule has 2 aliphatic heterocycles. The number of carbonyl (C=O) groups is 1. The van der Waals surface area contributed by atoms with Crippen molar-refractivity contribution in [3.05, 3.63) is 29.8 Å². The van der Waals surface area contributed by atoms with Gasteiger partial charge in [0.05, 0.1) is 20.3 Å². The van der Waals surface area contributed by atoms with Crippen LogP contribution < -0.4 is 10.1 Å². The molecule has 132 valence electrons. The van der Waals surface area contributed by atoms with Crippen LogP contribution in [0.3, 0.4) is 0 Å². The summed E-state index contributed by atoms with van der Waals surface area (Å²) in [6, 6.07) is 8.56. The summed E-state index contributed by atoms with van der Waals surface area (Å²) in [6.45, 7) is 4.74. The van der Waals surface area contributed by atoms with Crippen LogP contribution in [0, 0.1) is 5.41 Å². The van der Waals surface area contributed by atoms with Crippen molar-refractivity contribution in [1.82, 2.24) is 10.2 Å². The maximum atomic E-state index is 11.1. The average Bonchev–Trinajstić information content (AvgIpc) is 2.97. The minimum atomic E-state index is -0.820. The number of piperidine rings is 1. The summed E-state index contributed by atoms with van der Waals surface area (Å²) in [5.41, 5.74) is 1.26. The van der Waals surface area contributed by atoms with Gasteiger partial charge in [-0.1, -0.05) is 12.1 Å². The van der Waals surface area contributed by atoms with E-state index in [2.05, 4.69) is 24.4 Å². The van der Waals surface area contributed by atoms with Crippen LogP contribution >= 0.6 is 0 Å². The zero-order chi connectivity index (χ0) is 17.2. The van der Waals surface area contributed by atoms with Crippen molar-refractivity contribution in [2.45, 2.75) is 31.8 Å². The van der Waals surface area contributed by atoms with Gasteiger partial charge in [-0.25, -0.2) is 4.79 Å². The molecule has 1 aromatic rings. The monoisotopic (exact) mass is 334 g/mol. The van der Waals surface area contributed by atoms with Crippen LogP contribution in [-0.2, 0) is 4.74 Å². The maximum absolute atomic E-state index is 11.1.